The van der Waals surface area contributed by atoms with Gasteiger partial charge in [0.1, 0.15) is 0 Å². The van der Waals surface area contributed by atoms with Crippen molar-refractivity contribution in [2.75, 3.05) is 26.0 Å². The van der Waals surface area contributed by atoms with Crippen LogP contribution in [-0.2, 0) is 7.05 Å². The Morgan fingerprint density at radius 1 is 1.23 bits per heavy atom. The highest BCUT2D eigenvalue weighted by atomic mass is 16.5. The Labute approximate surface area is 180 Å². The molecule has 5 rings (SSSR count). The van der Waals surface area contributed by atoms with Crippen molar-refractivity contribution < 1.29 is 9.53 Å². The summed E-state index contributed by atoms with van der Waals surface area (Å²) < 4.78 is 9.30. The molecular weight excluding hydrogens is 392 g/mol. The smallest absolute Gasteiger partial charge is 0.255 e. The monoisotopic (exact) mass is 418 g/mol. The van der Waals surface area contributed by atoms with Crippen LogP contribution in [0.25, 0.3) is 16.6 Å². The quantitative estimate of drug-likeness (QED) is 0.548. The molecule has 1 atom stereocenters. The largest absolute Gasteiger partial charge is 0.493 e. The fraction of sp³-hybridized carbons (Fsp3) is 0.348. The molecule has 1 saturated heterocycles. The maximum Gasteiger partial charge on any atom is 0.255 e. The summed E-state index contributed by atoms with van der Waals surface area (Å²) in [6.45, 7) is 3.05. The molecule has 31 heavy (non-hydrogen) atoms. The van der Waals surface area contributed by atoms with Gasteiger partial charge in [0.2, 0.25) is 0 Å². The molecule has 0 bridgehead atoms. The number of likely N-dealkylation sites (tertiary alicyclic amines) is 1. The average molecular weight is 419 g/mol. The lowest BCUT2D eigenvalue weighted by molar-refractivity contribution is 0.102. The topological polar surface area (TPSA) is 76.7 Å². The second-order valence-corrected chi connectivity index (χ2v) is 8.23. The van der Waals surface area contributed by atoms with E-state index >= 15 is 0 Å². The van der Waals surface area contributed by atoms with Crippen LogP contribution in [0.2, 0.25) is 0 Å². The van der Waals surface area contributed by atoms with E-state index in [1.807, 2.05) is 55.0 Å². The number of amides is 1. The fourth-order valence-electron chi connectivity index (χ4n) is 4.53. The second kappa shape index (κ2) is 7.39. The molecule has 3 aromatic heterocycles. The van der Waals surface area contributed by atoms with Gasteiger partial charge >= 0.3 is 0 Å². The number of nitrogens with one attached hydrogen (secondary N) is 1. The summed E-state index contributed by atoms with van der Waals surface area (Å²) in [4.78, 5) is 20.1. The SMILES string of the molecule is COc1cc(NC(=O)c2ccc3c(C)nn(C)c3c2)cn2cc([C@H]3CCCN3C)nc12. The van der Waals surface area contributed by atoms with Crippen molar-refractivity contribution in [3.63, 3.8) is 0 Å². The number of hydrogen-bond donors (Lipinski definition) is 1. The first kappa shape index (κ1) is 19.6. The summed E-state index contributed by atoms with van der Waals surface area (Å²) in [5, 5.41) is 8.47. The number of aryl methyl sites for hydroxylation is 2. The number of imidazole rings is 1. The van der Waals surface area contributed by atoms with Gasteiger partial charge in [0.25, 0.3) is 5.91 Å². The summed E-state index contributed by atoms with van der Waals surface area (Å²) in [7, 11) is 5.63. The van der Waals surface area contributed by atoms with Crippen LogP contribution in [0.1, 0.15) is 40.6 Å². The maximum absolute atomic E-state index is 13.0. The van der Waals surface area contributed by atoms with Gasteiger partial charge in [-0.2, -0.15) is 5.10 Å². The third-order valence-corrected chi connectivity index (χ3v) is 6.17. The number of rotatable bonds is 4. The van der Waals surface area contributed by atoms with E-state index < -0.39 is 0 Å². The van der Waals surface area contributed by atoms with E-state index in [9.17, 15) is 4.79 Å². The van der Waals surface area contributed by atoms with Crippen LogP contribution in [0, 0.1) is 6.92 Å². The van der Waals surface area contributed by atoms with Crippen LogP contribution in [-0.4, -0.2) is 50.7 Å². The highest BCUT2D eigenvalue weighted by molar-refractivity contribution is 6.06. The number of carbonyl (C=O) groups excluding carboxylic acids is 1. The first-order chi connectivity index (χ1) is 14.9. The Balaban J connectivity index is 1.47. The number of anilines is 1. The summed E-state index contributed by atoms with van der Waals surface area (Å²) >= 11 is 0. The van der Waals surface area contributed by atoms with Crippen molar-refractivity contribution in [1.82, 2.24) is 24.1 Å². The number of benzene rings is 1. The van der Waals surface area contributed by atoms with Crippen LogP contribution in [0.3, 0.4) is 0 Å². The predicted octanol–water partition coefficient (Wildman–Crippen LogP) is 3.56. The molecule has 8 heteroatoms. The Kier molecular flexibility index (Phi) is 4.66. The molecule has 0 unspecified atom stereocenters. The normalized spacial score (nSPS) is 17.0. The molecule has 1 aliphatic heterocycles. The van der Waals surface area contributed by atoms with Gasteiger partial charge in [-0.05, 0) is 45.5 Å². The maximum atomic E-state index is 13.0. The van der Waals surface area contributed by atoms with Crippen LogP contribution in [0.4, 0.5) is 5.69 Å². The minimum Gasteiger partial charge on any atom is -0.493 e. The zero-order valence-corrected chi connectivity index (χ0v) is 18.2. The van der Waals surface area contributed by atoms with E-state index in [1.54, 1.807) is 11.8 Å². The van der Waals surface area contributed by atoms with Crippen molar-refractivity contribution in [2.45, 2.75) is 25.8 Å². The summed E-state index contributed by atoms with van der Waals surface area (Å²) in [6.07, 6.45) is 6.19. The summed E-state index contributed by atoms with van der Waals surface area (Å²) in [5.74, 6) is 0.445. The van der Waals surface area contributed by atoms with Crippen molar-refractivity contribution in [1.29, 1.82) is 0 Å². The lowest BCUT2D eigenvalue weighted by Crippen LogP contribution is -2.17. The summed E-state index contributed by atoms with van der Waals surface area (Å²) in [6, 6.07) is 7.77. The second-order valence-electron chi connectivity index (χ2n) is 8.23. The van der Waals surface area contributed by atoms with Gasteiger partial charge in [-0.3, -0.25) is 14.4 Å². The number of carbonyl (C=O) groups is 1. The molecule has 0 saturated carbocycles. The van der Waals surface area contributed by atoms with Gasteiger partial charge < -0.3 is 14.5 Å². The Hall–Kier alpha value is -3.39. The first-order valence-electron chi connectivity index (χ1n) is 10.5. The minimum atomic E-state index is -0.182. The Morgan fingerprint density at radius 2 is 2.06 bits per heavy atom. The zero-order valence-electron chi connectivity index (χ0n) is 18.2. The van der Waals surface area contributed by atoms with Gasteiger partial charge in [0, 0.05) is 36.5 Å². The zero-order chi connectivity index (χ0) is 21.7. The van der Waals surface area contributed by atoms with Gasteiger partial charge in [0.15, 0.2) is 11.4 Å². The van der Waals surface area contributed by atoms with E-state index in [1.165, 1.54) is 6.42 Å². The fourth-order valence-corrected chi connectivity index (χ4v) is 4.53. The van der Waals surface area contributed by atoms with E-state index in [0.717, 1.165) is 40.9 Å². The van der Waals surface area contributed by atoms with Gasteiger partial charge in [-0.15, -0.1) is 0 Å². The standard InChI is InChI=1S/C23H26N6O2/c1-14-17-8-7-15(10-20(17)28(3)26-14)23(30)24-16-11-21(31-4)22-25-18(13-29(22)12-16)19-6-5-9-27(19)2/h7-8,10-13,19H,5-6,9H2,1-4H3,(H,24,30)/t19-/m1/s1. The first-order valence-corrected chi connectivity index (χ1v) is 10.5. The third-order valence-electron chi connectivity index (χ3n) is 6.17. The number of aromatic nitrogens is 4. The van der Waals surface area contributed by atoms with E-state index in [-0.39, 0.29) is 5.91 Å². The highest BCUT2D eigenvalue weighted by Crippen LogP contribution is 2.32. The molecule has 1 aromatic carbocycles. The number of ether oxygens (including phenoxy) is 1. The van der Waals surface area contributed by atoms with Crippen molar-refractivity contribution >= 4 is 28.1 Å². The van der Waals surface area contributed by atoms with Gasteiger partial charge in [0.05, 0.1) is 35.7 Å². The van der Waals surface area contributed by atoms with E-state index in [2.05, 4.69) is 22.4 Å². The number of pyridine rings is 1. The number of hydrogen-bond acceptors (Lipinski definition) is 5. The molecule has 1 N–H and O–H groups in total. The Morgan fingerprint density at radius 3 is 2.81 bits per heavy atom. The number of methoxy groups -OCH3 is 1. The molecular formula is C23H26N6O2. The van der Waals surface area contributed by atoms with Crippen molar-refractivity contribution in [3.05, 3.63) is 53.6 Å². The van der Waals surface area contributed by atoms with Crippen LogP contribution in [0.15, 0.2) is 36.7 Å². The number of nitrogens with zero attached hydrogens (tertiary/aromatic N) is 5. The average Bonchev–Trinajstić information content (AvgIpc) is 3.44. The van der Waals surface area contributed by atoms with Crippen LogP contribution < -0.4 is 10.1 Å². The molecule has 0 radical (unpaired) electrons. The van der Waals surface area contributed by atoms with Gasteiger partial charge in [-0.25, -0.2) is 4.98 Å². The molecule has 1 aliphatic rings. The molecule has 4 heterocycles. The van der Waals surface area contributed by atoms with Crippen molar-refractivity contribution in [3.8, 4) is 5.75 Å². The lowest BCUT2D eigenvalue weighted by Gasteiger charge is -2.16. The molecule has 4 aromatic rings. The van der Waals surface area contributed by atoms with E-state index in [0.29, 0.717) is 23.0 Å². The number of fused-ring (bicyclic) bond motifs is 2. The highest BCUT2D eigenvalue weighted by Gasteiger charge is 2.25. The minimum absolute atomic E-state index is 0.182. The van der Waals surface area contributed by atoms with Gasteiger partial charge in [-0.1, -0.05) is 6.07 Å². The summed E-state index contributed by atoms with van der Waals surface area (Å²) in [5.41, 5.74) is 4.88. The predicted molar refractivity (Wildman–Crippen MR) is 120 cm³/mol. The van der Waals surface area contributed by atoms with E-state index in [4.69, 9.17) is 9.72 Å². The molecule has 0 spiro atoms. The van der Waals surface area contributed by atoms with Crippen molar-refractivity contribution in [2.24, 2.45) is 7.05 Å². The molecule has 1 fully saturated rings. The molecule has 1 amide bonds. The lowest BCUT2D eigenvalue weighted by atomic mass is 10.1. The third kappa shape index (κ3) is 3.33. The Bertz CT molecular complexity index is 1300. The molecule has 0 aliphatic carbocycles. The van der Waals surface area contributed by atoms with Crippen LogP contribution >= 0.6 is 0 Å². The van der Waals surface area contributed by atoms with Crippen LogP contribution in [0.5, 0.6) is 5.75 Å². The molecule has 8 nitrogen and oxygen atoms in total. The molecule has 160 valence electrons.